The van der Waals surface area contributed by atoms with Gasteiger partial charge in [-0.2, -0.15) is 0 Å². The van der Waals surface area contributed by atoms with E-state index in [0.717, 1.165) is 16.7 Å². The minimum atomic E-state index is -0.507. The second-order valence-corrected chi connectivity index (χ2v) is 15.1. The van der Waals surface area contributed by atoms with Crippen LogP contribution in [0.1, 0.15) is 62.0 Å². The third-order valence-corrected chi connectivity index (χ3v) is 10.3. The van der Waals surface area contributed by atoms with E-state index in [1.54, 1.807) is 4.90 Å². The molecular formula is C38H44Cl3N5O4. The van der Waals surface area contributed by atoms with E-state index in [1.165, 1.54) is 0 Å². The fraction of sp³-hybridized carbons (Fsp3) is 0.447. The summed E-state index contributed by atoms with van der Waals surface area (Å²) in [5.74, 6) is 1.18. The number of amidine groups is 1. The van der Waals surface area contributed by atoms with Crippen LogP contribution in [0.15, 0.2) is 65.7 Å². The Hall–Kier alpha value is -3.34. The molecule has 0 aliphatic carbocycles. The highest BCUT2D eigenvalue weighted by atomic mass is 35.5. The number of hydrogen-bond donors (Lipinski definition) is 0. The topological polar surface area (TPSA) is 77.9 Å². The van der Waals surface area contributed by atoms with Crippen molar-refractivity contribution in [2.24, 2.45) is 4.99 Å². The number of aliphatic imine (C=N–C) groups is 1. The summed E-state index contributed by atoms with van der Waals surface area (Å²) in [6, 6.07) is 17.9. The molecule has 3 heterocycles. The van der Waals surface area contributed by atoms with Crippen molar-refractivity contribution in [3.8, 4) is 5.75 Å². The second-order valence-electron chi connectivity index (χ2n) is 13.9. The van der Waals surface area contributed by atoms with Gasteiger partial charge in [-0.1, -0.05) is 79.8 Å². The Kier molecular flexibility index (Phi) is 11.3. The summed E-state index contributed by atoms with van der Waals surface area (Å²) in [4.78, 5) is 40.9. The van der Waals surface area contributed by atoms with Crippen molar-refractivity contribution in [1.29, 1.82) is 0 Å². The first-order valence-corrected chi connectivity index (χ1v) is 18.3. The lowest BCUT2D eigenvalue weighted by Crippen LogP contribution is -2.56. The third-order valence-electron chi connectivity index (χ3n) is 9.48. The SMILES string of the molecule is CCOc1cc(C(C)(C)C)c(Cl)cc1C1=N[C@@H](c2ccc(Cl)cc2)[C@@H](c2ccc(Cl)cc2)N1C(=O)N1CCN(CC(=O)N2CCOCC2)CC1. The molecule has 2 atom stereocenters. The van der Waals surface area contributed by atoms with Crippen molar-refractivity contribution in [2.75, 3.05) is 65.6 Å². The average molecular weight is 741 g/mol. The van der Waals surface area contributed by atoms with E-state index in [-0.39, 0.29) is 17.4 Å². The van der Waals surface area contributed by atoms with E-state index in [9.17, 15) is 9.59 Å². The summed E-state index contributed by atoms with van der Waals surface area (Å²) < 4.78 is 11.7. The maximum absolute atomic E-state index is 15.0. The predicted octanol–water partition coefficient (Wildman–Crippen LogP) is 7.48. The Bertz CT molecular complexity index is 1710. The average Bonchev–Trinajstić information content (AvgIpc) is 3.50. The number of amides is 3. The molecule has 0 radical (unpaired) electrons. The zero-order valence-corrected chi connectivity index (χ0v) is 31.3. The number of morpholine rings is 1. The summed E-state index contributed by atoms with van der Waals surface area (Å²) >= 11 is 19.7. The largest absolute Gasteiger partial charge is 0.493 e. The number of carbonyl (C=O) groups is 2. The van der Waals surface area contributed by atoms with Crippen LogP contribution in [-0.2, 0) is 14.9 Å². The molecule has 9 nitrogen and oxygen atoms in total. The summed E-state index contributed by atoms with van der Waals surface area (Å²) in [5, 5.41) is 1.78. The van der Waals surface area contributed by atoms with Crippen molar-refractivity contribution >= 4 is 52.6 Å². The van der Waals surface area contributed by atoms with Crippen LogP contribution in [0.5, 0.6) is 5.75 Å². The molecule has 2 fully saturated rings. The van der Waals surface area contributed by atoms with E-state index >= 15 is 0 Å². The van der Waals surface area contributed by atoms with E-state index in [4.69, 9.17) is 49.3 Å². The number of halogens is 3. The van der Waals surface area contributed by atoms with Crippen molar-refractivity contribution in [3.63, 3.8) is 0 Å². The highest BCUT2D eigenvalue weighted by Gasteiger charge is 2.45. The number of ether oxygens (including phenoxy) is 2. The number of nitrogens with zero attached hydrogens (tertiary/aromatic N) is 5. The maximum atomic E-state index is 15.0. The Morgan fingerprint density at radius 2 is 1.44 bits per heavy atom. The number of rotatable bonds is 7. The molecule has 0 spiro atoms. The van der Waals surface area contributed by atoms with E-state index in [2.05, 4.69) is 25.7 Å². The fourth-order valence-corrected chi connectivity index (χ4v) is 7.49. The van der Waals surface area contributed by atoms with E-state index < -0.39 is 12.1 Å². The van der Waals surface area contributed by atoms with Crippen LogP contribution in [-0.4, -0.2) is 103 Å². The molecule has 3 aliphatic heterocycles. The van der Waals surface area contributed by atoms with Gasteiger partial charge in [0.25, 0.3) is 0 Å². The van der Waals surface area contributed by atoms with Crippen molar-refractivity contribution in [1.82, 2.24) is 19.6 Å². The molecule has 0 unspecified atom stereocenters. The van der Waals surface area contributed by atoms with Crippen LogP contribution < -0.4 is 4.74 Å². The Morgan fingerprint density at radius 3 is 2.02 bits per heavy atom. The van der Waals surface area contributed by atoms with Crippen LogP contribution in [0, 0.1) is 0 Å². The molecule has 0 N–H and O–H groups in total. The molecule has 266 valence electrons. The number of carbonyl (C=O) groups excluding carboxylic acids is 2. The summed E-state index contributed by atoms with van der Waals surface area (Å²) in [6.45, 7) is 13.4. The minimum absolute atomic E-state index is 0.0923. The van der Waals surface area contributed by atoms with Crippen LogP contribution in [0.2, 0.25) is 15.1 Å². The molecule has 0 bridgehead atoms. The lowest BCUT2D eigenvalue weighted by atomic mass is 9.86. The number of benzene rings is 3. The monoisotopic (exact) mass is 739 g/mol. The van der Waals surface area contributed by atoms with E-state index in [1.807, 2.05) is 77.4 Å². The van der Waals surface area contributed by atoms with Crippen molar-refractivity contribution < 1.29 is 19.1 Å². The van der Waals surface area contributed by atoms with Crippen molar-refractivity contribution in [3.05, 3.63) is 98.0 Å². The van der Waals surface area contributed by atoms with Gasteiger partial charge in [-0.15, -0.1) is 0 Å². The lowest BCUT2D eigenvalue weighted by Gasteiger charge is -2.39. The smallest absolute Gasteiger partial charge is 0.326 e. The van der Waals surface area contributed by atoms with Gasteiger partial charge in [0.2, 0.25) is 5.91 Å². The normalized spacial score (nSPS) is 20.2. The molecule has 12 heteroatoms. The van der Waals surface area contributed by atoms with Gasteiger partial charge in [-0.05, 0) is 65.4 Å². The quantitative estimate of drug-likeness (QED) is 0.251. The fourth-order valence-electron chi connectivity index (χ4n) is 6.79. The summed E-state index contributed by atoms with van der Waals surface area (Å²) in [5.41, 5.74) is 3.13. The molecule has 0 aromatic heterocycles. The predicted molar refractivity (Wildman–Crippen MR) is 199 cm³/mol. The standard InChI is InChI=1S/C38H44Cl3N5O4/c1-5-50-32-23-30(38(2,3)4)31(41)22-29(32)36-42-34(25-6-10-27(39)11-7-25)35(26-8-12-28(40)13-9-26)46(36)37(48)45-16-14-43(15-17-45)24-33(47)44-18-20-49-21-19-44/h6-13,22-23,34-35H,5,14-21,24H2,1-4H3/t34-,35+/m0/s1. The van der Waals surface area contributed by atoms with Crippen LogP contribution >= 0.6 is 34.8 Å². The highest BCUT2D eigenvalue weighted by molar-refractivity contribution is 6.32. The van der Waals surface area contributed by atoms with Crippen LogP contribution in [0.25, 0.3) is 0 Å². The Morgan fingerprint density at radius 1 is 0.840 bits per heavy atom. The van der Waals surface area contributed by atoms with Gasteiger partial charge in [-0.25, -0.2) is 4.79 Å². The number of urea groups is 1. The van der Waals surface area contributed by atoms with E-state index in [0.29, 0.717) is 97.9 Å². The first-order chi connectivity index (χ1) is 23.9. The molecule has 6 rings (SSSR count). The highest BCUT2D eigenvalue weighted by Crippen LogP contribution is 2.46. The second kappa shape index (κ2) is 15.5. The first kappa shape index (κ1) is 36.5. The summed E-state index contributed by atoms with van der Waals surface area (Å²) in [7, 11) is 0. The van der Waals surface area contributed by atoms with Gasteiger partial charge < -0.3 is 19.3 Å². The molecule has 3 amide bonds. The molecular weight excluding hydrogens is 697 g/mol. The Labute approximate surface area is 309 Å². The molecule has 3 aromatic carbocycles. The van der Waals surface area contributed by atoms with Gasteiger partial charge in [0.15, 0.2) is 0 Å². The Balaban J connectivity index is 1.39. The molecule has 3 aromatic rings. The number of piperazine rings is 1. The molecule has 3 aliphatic rings. The molecule has 2 saturated heterocycles. The lowest BCUT2D eigenvalue weighted by molar-refractivity contribution is -0.136. The maximum Gasteiger partial charge on any atom is 0.326 e. The van der Waals surface area contributed by atoms with Gasteiger partial charge >= 0.3 is 6.03 Å². The van der Waals surface area contributed by atoms with Gasteiger partial charge in [-0.3, -0.25) is 19.6 Å². The van der Waals surface area contributed by atoms with Crippen LogP contribution in [0.4, 0.5) is 4.79 Å². The minimum Gasteiger partial charge on any atom is -0.493 e. The van der Waals surface area contributed by atoms with Gasteiger partial charge in [0.05, 0.1) is 38.0 Å². The molecule has 0 saturated carbocycles. The van der Waals surface area contributed by atoms with Gasteiger partial charge in [0.1, 0.15) is 17.6 Å². The molecule has 50 heavy (non-hydrogen) atoms. The zero-order valence-electron chi connectivity index (χ0n) is 29.0. The number of hydrogen-bond acceptors (Lipinski definition) is 6. The van der Waals surface area contributed by atoms with Crippen molar-refractivity contribution in [2.45, 2.75) is 45.2 Å². The third kappa shape index (κ3) is 7.92. The van der Waals surface area contributed by atoms with Crippen LogP contribution in [0.3, 0.4) is 0 Å². The zero-order chi connectivity index (χ0) is 35.6. The van der Waals surface area contributed by atoms with Gasteiger partial charge in [0, 0.05) is 54.3 Å². The first-order valence-electron chi connectivity index (χ1n) is 17.2. The summed E-state index contributed by atoms with van der Waals surface area (Å²) in [6.07, 6.45) is 0.